The molecule has 0 amide bonds. The first-order valence-corrected chi connectivity index (χ1v) is 7.91. The molecule has 2 atom stereocenters. The average Bonchev–Trinajstić information content (AvgIpc) is 2.59. The Hall–Kier alpha value is -0.590. The summed E-state index contributed by atoms with van der Waals surface area (Å²) in [7, 11) is 0. The summed E-state index contributed by atoms with van der Waals surface area (Å²) >= 11 is 0. The van der Waals surface area contributed by atoms with Gasteiger partial charge in [-0.25, -0.2) is 0 Å². The molecule has 0 aromatic rings. The Labute approximate surface area is 119 Å². The molecule has 2 unspecified atom stereocenters. The molecule has 1 aliphatic rings. The SMILES string of the molecule is CC(C)NC(C#N)CCN1CCCC(C(C)C)CC1. The molecule has 1 N–H and O–H groups in total. The van der Waals surface area contributed by atoms with Crippen LogP contribution in [0.1, 0.15) is 53.4 Å². The Morgan fingerprint density at radius 2 is 1.95 bits per heavy atom. The number of likely N-dealkylation sites (tertiary alicyclic amines) is 1. The first-order valence-electron chi connectivity index (χ1n) is 7.91. The minimum Gasteiger partial charge on any atom is -0.303 e. The summed E-state index contributed by atoms with van der Waals surface area (Å²) in [5.74, 6) is 1.71. The van der Waals surface area contributed by atoms with Gasteiger partial charge in [-0.3, -0.25) is 5.32 Å². The molecular formula is C16H31N3. The van der Waals surface area contributed by atoms with Gasteiger partial charge in [0.25, 0.3) is 0 Å². The molecule has 0 spiro atoms. The zero-order valence-corrected chi connectivity index (χ0v) is 13.2. The van der Waals surface area contributed by atoms with Gasteiger partial charge >= 0.3 is 0 Å². The van der Waals surface area contributed by atoms with Crippen molar-refractivity contribution in [3.05, 3.63) is 0 Å². The van der Waals surface area contributed by atoms with Crippen molar-refractivity contribution >= 4 is 0 Å². The number of nitrogens with zero attached hydrogens (tertiary/aromatic N) is 2. The first kappa shape index (κ1) is 16.5. The van der Waals surface area contributed by atoms with Gasteiger partial charge < -0.3 is 4.90 Å². The van der Waals surface area contributed by atoms with Crippen molar-refractivity contribution in [1.82, 2.24) is 10.2 Å². The smallest absolute Gasteiger partial charge is 0.0967 e. The molecule has 1 rings (SSSR count). The van der Waals surface area contributed by atoms with Crippen molar-refractivity contribution in [3.8, 4) is 6.07 Å². The summed E-state index contributed by atoms with van der Waals surface area (Å²) in [6.07, 6.45) is 4.96. The van der Waals surface area contributed by atoms with E-state index in [9.17, 15) is 0 Å². The Kier molecular flexibility index (Phi) is 7.41. The van der Waals surface area contributed by atoms with E-state index in [-0.39, 0.29) is 6.04 Å². The standard InChI is InChI=1S/C16H31N3/c1-13(2)15-6-5-9-19(10-7-15)11-8-16(12-17)18-14(3)4/h13-16,18H,5-11H2,1-4H3. The van der Waals surface area contributed by atoms with Crippen LogP contribution in [0.2, 0.25) is 0 Å². The highest BCUT2D eigenvalue weighted by Gasteiger charge is 2.20. The lowest BCUT2D eigenvalue weighted by molar-refractivity contribution is 0.261. The highest BCUT2D eigenvalue weighted by Crippen LogP contribution is 2.24. The number of hydrogen-bond donors (Lipinski definition) is 1. The van der Waals surface area contributed by atoms with Gasteiger partial charge in [-0.05, 0) is 64.5 Å². The monoisotopic (exact) mass is 265 g/mol. The lowest BCUT2D eigenvalue weighted by Gasteiger charge is -2.23. The molecule has 0 radical (unpaired) electrons. The summed E-state index contributed by atoms with van der Waals surface area (Å²) in [4.78, 5) is 2.55. The van der Waals surface area contributed by atoms with Gasteiger partial charge in [-0.2, -0.15) is 5.26 Å². The summed E-state index contributed by atoms with van der Waals surface area (Å²) in [6, 6.07) is 2.77. The van der Waals surface area contributed by atoms with Crippen LogP contribution < -0.4 is 5.32 Å². The van der Waals surface area contributed by atoms with Crippen LogP contribution in [0.4, 0.5) is 0 Å². The molecule has 110 valence electrons. The van der Waals surface area contributed by atoms with Crippen LogP contribution in [0.3, 0.4) is 0 Å². The molecule has 0 aliphatic carbocycles. The lowest BCUT2D eigenvalue weighted by atomic mass is 9.89. The van der Waals surface area contributed by atoms with E-state index in [4.69, 9.17) is 5.26 Å². The third-order valence-corrected chi connectivity index (χ3v) is 4.23. The van der Waals surface area contributed by atoms with Gasteiger partial charge in [-0.1, -0.05) is 13.8 Å². The van der Waals surface area contributed by atoms with Crippen LogP contribution in [-0.2, 0) is 0 Å². The normalized spacial score (nSPS) is 23.3. The molecule has 1 saturated heterocycles. The maximum atomic E-state index is 9.14. The summed E-state index contributed by atoms with van der Waals surface area (Å²) in [5.41, 5.74) is 0. The number of hydrogen-bond acceptors (Lipinski definition) is 3. The molecule has 1 heterocycles. The third-order valence-electron chi connectivity index (χ3n) is 4.23. The van der Waals surface area contributed by atoms with Crippen LogP contribution in [0.15, 0.2) is 0 Å². The Morgan fingerprint density at radius 3 is 2.53 bits per heavy atom. The Morgan fingerprint density at radius 1 is 1.21 bits per heavy atom. The van der Waals surface area contributed by atoms with Crippen molar-refractivity contribution in [2.24, 2.45) is 11.8 Å². The van der Waals surface area contributed by atoms with Crippen LogP contribution >= 0.6 is 0 Å². The van der Waals surface area contributed by atoms with Crippen molar-refractivity contribution in [2.45, 2.75) is 65.5 Å². The molecule has 0 bridgehead atoms. The van der Waals surface area contributed by atoms with Crippen molar-refractivity contribution < 1.29 is 0 Å². The fourth-order valence-corrected chi connectivity index (χ4v) is 2.97. The maximum absolute atomic E-state index is 9.14. The highest BCUT2D eigenvalue weighted by atomic mass is 15.1. The van der Waals surface area contributed by atoms with E-state index in [2.05, 4.69) is 44.0 Å². The molecular weight excluding hydrogens is 234 g/mol. The van der Waals surface area contributed by atoms with Crippen LogP contribution in [0, 0.1) is 23.2 Å². The molecule has 1 fully saturated rings. The van der Waals surface area contributed by atoms with Gasteiger partial charge in [0.2, 0.25) is 0 Å². The second kappa shape index (κ2) is 8.55. The van der Waals surface area contributed by atoms with Crippen molar-refractivity contribution in [3.63, 3.8) is 0 Å². The molecule has 1 aliphatic heterocycles. The van der Waals surface area contributed by atoms with Gasteiger partial charge in [0, 0.05) is 12.6 Å². The second-order valence-electron chi connectivity index (χ2n) is 6.57. The van der Waals surface area contributed by atoms with E-state index in [0.717, 1.165) is 24.8 Å². The maximum Gasteiger partial charge on any atom is 0.0967 e. The van der Waals surface area contributed by atoms with Gasteiger partial charge in [0.05, 0.1) is 12.1 Å². The van der Waals surface area contributed by atoms with Crippen LogP contribution in [0.25, 0.3) is 0 Å². The molecule has 0 saturated carbocycles. The minimum atomic E-state index is 0.00384. The zero-order chi connectivity index (χ0) is 14.3. The Balaban J connectivity index is 2.31. The summed E-state index contributed by atoms with van der Waals surface area (Å²) in [6.45, 7) is 12.4. The number of nitrogens with one attached hydrogen (secondary N) is 1. The van der Waals surface area contributed by atoms with E-state index < -0.39 is 0 Å². The molecule has 0 aromatic carbocycles. The number of rotatable bonds is 6. The fourth-order valence-electron chi connectivity index (χ4n) is 2.97. The van der Waals surface area contributed by atoms with E-state index in [1.165, 1.54) is 32.4 Å². The predicted octanol–water partition coefficient (Wildman–Crippen LogP) is 3.02. The van der Waals surface area contributed by atoms with Gasteiger partial charge in [-0.15, -0.1) is 0 Å². The zero-order valence-electron chi connectivity index (χ0n) is 13.2. The number of nitriles is 1. The fraction of sp³-hybridized carbons (Fsp3) is 0.938. The predicted molar refractivity (Wildman–Crippen MR) is 80.9 cm³/mol. The summed E-state index contributed by atoms with van der Waals surface area (Å²) < 4.78 is 0. The van der Waals surface area contributed by atoms with Crippen molar-refractivity contribution in [1.29, 1.82) is 5.26 Å². The second-order valence-corrected chi connectivity index (χ2v) is 6.57. The molecule has 3 heteroatoms. The molecule has 0 aromatic heterocycles. The van der Waals surface area contributed by atoms with Crippen LogP contribution in [0.5, 0.6) is 0 Å². The highest BCUT2D eigenvalue weighted by molar-refractivity contribution is 4.91. The topological polar surface area (TPSA) is 39.1 Å². The van der Waals surface area contributed by atoms with E-state index in [1.54, 1.807) is 0 Å². The third kappa shape index (κ3) is 6.40. The van der Waals surface area contributed by atoms with Gasteiger partial charge in [0.1, 0.15) is 0 Å². The first-order chi connectivity index (χ1) is 9.02. The molecule has 3 nitrogen and oxygen atoms in total. The lowest BCUT2D eigenvalue weighted by Crippen LogP contribution is -2.37. The molecule has 19 heavy (non-hydrogen) atoms. The quantitative estimate of drug-likeness (QED) is 0.802. The average molecular weight is 265 g/mol. The van der Waals surface area contributed by atoms with Crippen molar-refractivity contribution in [2.75, 3.05) is 19.6 Å². The van der Waals surface area contributed by atoms with Crippen LogP contribution in [-0.4, -0.2) is 36.6 Å². The van der Waals surface area contributed by atoms with Gasteiger partial charge in [0.15, 0.2) is 0 Å². The largest absolute Gasteiger partial charge is 0.303 e. The minimum absolute atomic E-state index is 0.00384. The Bertz CT molecular complexity index is 280. The summed E-state index contributed by atoms with van der Waals surface area (Å²) in [5, 5.41) is 12.5. The van der Waals surface area contributed by atoms with E-state index >= 15 is 0 Å². The van der Waals surface area contributed by atoms with E-state index in [1.807, 2.05) is 0 Å². The van der Waals surface area contributed by atoms with E-state index in [0.29, 0.717) is 6.04 Å².